The summed E-state index contributed by atoms with van der Waals surface area (Å²) >= 11 is 0. The standard InChI is InChI=1S/C44H40N4S2.C42H38N2S2/c1-45-41-9-5-3-7-37(41)39-31-35(15-17-43(39)45)13-11-33-19-23-47(24-20-33)27-29-49-50-30-28-48-25-21-34(22-26-48)12-14-36-16-18-44-40(32-36)38-8-4-6-10-42(38)46(44)2;1-3-35-15-17-37-13-11-33(39(5-1)41(35)37)9-7-31-19-23-43(24-20-31)27-29-45-46-30-28-44-25-21-32(22-26-44)8-10-34-12-14-38-18-16-36-4-2-6-40(34)42(36)38/h3-26,31-32H,27-30H2,1-2H3;1-14,19-26H,15-18,27-30H2/q2*+2/b;9-7+,10-8+. The van der Waals surface area contributed by atoms with Crippen molar-refractivity contribution in [1.29, 1.82) is 0 Å². The first kappa shape index (κ1) is 62.9. The van der Waals surface area contributed by atoms with Gasteiger partial charge in [0.15, 0.2) is 75.8 Å². The van der Waals surface area contributed by atoms with Gasteiger partial charge in [-0.2, -0.15) is 0 Å². The molecular formula is C86H78N6S4+4. The molecule has 0 saturated heterocycles. The molecule has 6 aromatic heterocycles. The highest BCUT2D eigenvalue weighted by atomic mass is 33.1. The largest absolute Gasteiger partial charge is 0.344 e. The molecule has 10 heteroatoms. The van der Waals surface area contributed by atoms with Gasteiger partial charge in [0.25, 0.3) is 0 Å². The summed E-state index contributed by atoms with van der Waals surface area (Å²) < 4.78 is 13.7. The second-order valence-corrected chi connectivity index (χ2v) is 30.5. The van der Waals surface area contributed by atoms with Gasteiger partial charge in [-0.1, -0.05) is 201 Å². The molecule has 14 aromatic rings. The van der Waals surface area contributed by atoms with Crippen LogP contribution in [0.3, 0.4) is 0 Å². The van der Waals surface area contributed by atoms with Crippen molar-refractivity contribution in [3.63, 3.8) is 0 Å². The summed E-state index contributed by atoms with van der Waals surface area (Å²) in [5.41, 5.74) is 21.0. The van der Waals surface area contributed by atoms with Crippen molar-refractivity contribution < 1.29 is 18.3 Å². The first-order chi connectivity index (χ1) is 47.4. The van der Waals surface area contributed by atoms with Crippen LogP contribution < -0.4 is 18.3 Å². The highest BCUT2D eigenvalue weighted by molar-refractivity contribution is 8.77. The van der Waals surface area contributed by atoms with E-state index in [1.54, 1.807) is 0 Å². The molecule has 96 heavy (non-hydrogen) atoms. The molecule has 2 aliphatic rings. The number of nitrogens with zero attached hydrogens (tertiary/aromatic N) is 6. The van der Waals surface area contributed by atoms with E-state index < -0.39 is 0 Å². The second-order valence-electron chi connectivity index (χ2n) is 25.1. The SMILES string of the molecule is C(=C\c1ccc2c3c(cccc13)CC2)/c1cc[n+](CCSSCC[n+]2ccc(/C=C/c3ccc4c5c(cccc35)CC4)cc2)cc1.Cn1c2ccccc2c2cc(/C=C/c3cc[n+](CCSSCC[n+]4ccc(/C=C/c5ccc6c(c5)c5ccccc5n6C)cc4)cc3)ccc21. The number of aryl methyl sites for hydroxylation is 10. The van der Waals surface area contributed by atoms with E-state index in [9.17, 15) is 0 Å². The van der Waals surface area contributed by atoms with Crippen LogP contribution in [0.1, 0.15) is 66.8 Å². The molecule has 0 bridgehead atoms. The topological polar surface area (TPSA) is 25.4 Å². The molecule has 0 amide bonds. The van der Waals surface area contributed by atoms with Crippen molar-refractivity contribution >= 4 is 157 Å². The maximum atomic E-state index is 2.32. The highest BCUT2D eigenvalue weighted by Crippen LogP contribution is 2.36. The molecule has 6 heterocycles. The van der Waals surface area contributed by atoms with Crippen molar-refractivity contribution in [2.24, 2.45) is 14.1 Å². The molecule has 472 valence electrons. The third kappa shape index (κ3) is 14.2. The Morgan fingerprint density at radius 3 is 0.948 bits per heavy atom. The van der Waals surface area contributed by atoms with Gasteiger partial charge < -0.3 is 9.13 Å². The van der Waals surface area contributed by atoms with E-state index in [0.29, 0.717) is 0 Å². The van der Waals surface area contributed by atoms with Gasteiger partial charge in [0.05, 0.1) is 23.0 Å². The highest BCUT2D eigenvalue weighted by Gasteiger charge is 2.18. The average molecular weight is 1320 g/mol. The molecule has 8 aromatic carbocycles. The first-order valence-corrected chi connectivity index (χ1v) is 38.6. The lowest BCUT2D eigenvalue weighted by atomic mass is 9.99. The molecule has 0 N–H and O–H groups in total. The van der Waals surface area contributed by atoms with Crippen LogP contribution in [0.4, 0.5) is 0 Å². The molecule has 2 aliphatic carbocycles. The summed E-state index contributed by atoms with van der Waals surface area (Å²) in [5.74, 6) is 4.34. The lowest BCUT2D eigenvalue weighted by Gasteiger charge is -2.05. The quantitative estimate of drug-likeness (QED) is 0.0384. The number of fused-ring (bicyclic) bond motifs is 6. The third-order valence-electron chi connectivity index (χ3n) is 19.1. The Balaban J connectivity index is 0.000000158. The molecule has 0 fully saturated rings. The number of para-hydroxylation sites is 2. The second kappa shape index (κ2) is 29.5. The zero-order valence-electron chi connectivity index (χ0n) is 54.5. The Hall–Kier alpha value is -9.16. The molecule has 0 radical (unpaired) electrons. The summed E-state index contributed by atoms with van der Waals surface area (Å²) in [7, 11) is 12.1. The number of pyridine rings is 4. The normalized spacial score (nSPS) is 12.9. The summed E-state index contributed by atoms with van der Waals surface area (Å²) in [5, 5.41) is 11.0. The first-order valence-electron chi connectivity index (χ1n) is 33.6. The molecule has 0 unspecified atom stereocenters. The molecule has 6 nitrogen and oxygen atoms in total. The minimum absolute atomic E-state index is 1.00. The number of benzene rings is 8. The molecule has 16 rings (SSSR count). The summed E-state index contributed by atoms with van der Waals surface area (Å²) in [6.45, 7) is 4.04. The van der Waals surface area contributed by atoms with Crippen LogP contribution in [0.5, 0.6) is 0 Å². The average Bonchev–Trinajstić information content (AvgIpc) is 1.62. The van der Waals surface area contributed by atoms with Crippen LogP contribution in [0.2, 0.25) is 0 Å². The third-order valence-corrected chi connectivity index (χ3v) is 23.8. The predicted octanol–water partition coefficient (Wildman–Crippen LogP) is 19.2. The van der Waals surface area contributed by atoms with Crippen molar-refractivity contribution in [2.45, 2.75) is 51.9 Å². The Bertz CT molecular complexity index is 4900. The van der Waals surface area contributed by atoms with Crippen LogP contribution in [0.25, 0.3) is 114 Å². The molecule has 0 atom stereocenters. The van der Waals surface area contributed by atoms with E-state index >= 15 is 0 Å². The van der Waals surface area contributed by atoms with Crippen molar-refractivity contribution in [3.05, 3.63) is 310 Å². The lowest BCUT2D eigenvalue weighted by Crippen LogP contribution is -2.34. The fraction of sp³-hybridized carbons (Fsp3) is 0.163. The van der Waals surface area contributed by atoms with Gasteiger partial charge in [0.1, 0.15) is 0 Å². The number of aromatic nitrogens is 6. The van der Waals surface area contributed by atoms with Crippen molar-refractivity contribution in [2.75, 3.05) is 23.0 Å². The van der Waals surface area contributed by atoms with Gasteiger partial charge >= 0.3 is 0 Å². The van der Waals surface area contributed by atoms with Gasteiger partial charge in [-0.15, -0.1) is 0 Å². The van der Waals surface area contributed by atoms with Crippen LogP contribution in [0, 0.1) is 0 Å². The van der Waals surface area contributed by atoms with Gasteiger partial charge in [0, 0.05) is 106 Å². The number of rotatable bonds is 22. The van der Waals surface area contributed by atoms with E-state index in [-0.39, 0.29) is 0 Å². The molecule has 0 saturated carbocycles. The van der Waals surface area contributed by atoms with Crippen LogP contribution in [0.15, 0.2) is 244 Å². The van der Waals surface area contributed by atoms with E-state index in [4.69, 9.17) is 0 Å². The maximum absolute atomic E-state index is 2.32. The van der Waals surface area contributed by atoms with Crippen LogP contribution in [-0.4, -0.2) is 32.1 Å². The maximum Gasteiger partial charge on any atom is 0.169 e. The summed E-state index contributed by atoms with van der Waals surface area (Å²) in [4.78, 5) is 0. The molecular weight excluding hydrogens is 1250 g/mol. The van der Waals surface area contributed by atoms with Gasteiger partial charge in [-0.3, -0.25) is 0 Å². The fourth-order valence-electron chi connectivity index (χ4n) is 13.9. The zero-order valence-corrected chi connectivity index (χ0v) is 57.8. The Morgan fingerprint density at radius 1 is 0.281 bits per heavy atom. The lowest BCUT2D eigenvalue weighted by molar-refractivity contribution is -0.692. The predicted molar refractivity (Wildman–Crippen MR) is 416 cm³/mol. The number of hydrogen-bond acceptors (Lipinski definition) is 4. The molecule has 0 aliphatic heterocycles. The minimum Gasteiger partial charge on any atom is -0.344 e. The van der Waals surface area contributed by atoms with E-state index in [1.165, 1.54) is 158 Å². The van der Waals surface area contributed by atoms with Gasteiger partial charge in [-0.05, 0) is 150 Å². The summed E-state index contributed by atoms with van der Waals surface area (Å²) in [6, 6.07) is 71.1. The number of hydrogen-bond donors (Lipinski definition) is 0. The minimum atomic E-state index is 1.00. The summed E-state index contributed by atoms with van der Waals surface area (Å²) in [6.07, 6.45) is 40.1. The monoisotopic (exact) mass is 1320 g/mol. The van der Waals surface area contributed by atoms with Crippen LogP contribution >= 0.6 is 43.2 Å². The van der Waals surface area contributed by atoms with Crippen molar-refractivity contribution in [3.8, 4) is 0 Å². The fourth-order valence-corrected chi connectivity index (χ4v) is 17.8. The Morgan fingerprint density at radius 2 is 0.583 bits per heavy atom. The Kier molecular flexibility index (Phi) is 19.3. The smallest absolute Gasteiger partial charge is 0.169 e. The van der Waals surface area contributed by atoms with Crippen molar-refractivity contribution in [1.82, 2.24) is 9.13 Å². The van der Waals surface area contributed by atoms with Gasteiger partial charge in [0.2, 0.25) is 0 Å². The zero-order chi connectivity index (χ0) is 64.6. The Labute approximate surface area is 579 Å². The van der Waals surface area contributed by atoms with Crippen LogP contribution in [-0.2, 0) is 66.0 Å². The van der Waals surface area contributed by atoms with E-state index in [2.05, 4.69) is 334 Å². The van der Waals surface area contributed by atoms with Gasteiger partial charge in [-0.25, -0.2) is 18.3 Å². The molecule has 0 spiro atoms. The van der Waals surface area contributed by atoms with E-state index in [1.807, 2.05) is 43.2 Å². The van der Waals surface area contributed by atoms with E-state index in [0.717, 1.165) is 49.2 Å².